The highest BCUT2D eigenvalue weighted by atomic mass is 32.2. The lowest BCUT2D eigenvalue weighted by Crippen LogP contribution is -2.52. The summed E-state index contributed by atoms with van der Waals surface area (Å²) in [6.45, 7) is 6.51. The number of amides is 1. The summed E-state index contributed by atoms with van der Waals surface area (Å²) < 4.78 is 32.3. The van der Waals surface area contributed by atoms with Crippen LogP contribution >= 0.6 is 11.3 Å². The van der Waals surface area contributed by atoms with Gasteiger partial charge in [0, 0.05) is 42.5 Å². The van der Waals surface area contributed by atoms with Crippen LogP contribution < -0.4 is 0 Å². The number of hydrogen-bond acceptors (Lipinski definition) is 5. The van der Waals surface area contributed by atoms with E-state index in [1.54, 1.807) is 11.0 Å². The number of carbonyl (C=O) groups excluding carboxylic acids is 1. The average molecular weight is 358 g/mol. The molecule has 8 heteroatoms. The van der Waals surface area contributed by atoms with E-state index in [-0.39, 0.29) is 11.8 Å². The zero-order valence-electron chi connectivity index (χ0n) is 13.4. The molecule has 3 rings (SSSR count). The van der Waals surface area contributed by atoms with E-state index in [0.717, 1.165) is 16.2 Å². The summed E-state index contributed by atoms with van der Waals surface area (Å²) in [6.07, 6.45) is 0.769. The maximum absolute atomic E-state index is 12.8. The second-order valence-corrected chi connectivity index (χ2v) is 9.43. The molecule has 2 aliphatic rings. The van der Waals surface area contributed by atoms with Crippen LogP contribution in [-0.2, 0) is 19.6 Å². The monoisotopic (exact) mass is 358 g/mol. The standard InChI is InChI=1S/C15H22N2O4S2/c1-11-9-14(12(2)22-11)23(19,20)17-6-4-16(5-7-17)15(18)13-3-8-21-10-13/h9,13H,3-8,10H2,1-2H3. The van der Waals surface area contributed by atoms with Crippen LogP contribution in [-0.4, -0.2) is 62.9 Å². The Morgan fingerprint density at radius 3 is 2.48 bits per heavy atom. The van der Waals surface area contributed by atoms with Gasteiger partial charge in [-0.1, -0.05) is 0 Å². The third kappa shape index (κ3) is 3.31. The van der Waals surface area contributed by atoms with Gasteiger partial charge in [-0.15, -0.1) is 11.3 Å². The minimum atomic E-state index is -3.46. The zero-order valence-corrected chi connectivity index (χ0v) is 15.1. The minimum absolute atomic E-state index is 0.0556. The van der Waals surface area contributed by atoms with Gasteiger partial charge < -0.3 is 9.64 Å². The average Bonchev–Trinajstić information content (AvgIpc) is 3.16. The molecule has 2 fully saturated rings. The lowest BCUT2D eigenvalue weighted by molar-refractivity contribution is -0.136. The van der Waals surface area contributed by atoms with E-state index in [0.29, 0.717) is 44.3 Å². The highest BCUT2D eigenvalue weighted by Gasteiger charge is 2.34. The van der Waals surface area contributed by atoms with Crippen LogP contribution in [0.3, 0.4) is 0 Å². The van der Waals surface area contributed by atoms with Gasteiger partial charge in [-0.3, -0.25) is 4.79 Å². The first-order chi connectivity index (χ1) is 10.9. The van der Waals surface area contributed by atoms with Crippen molar-refractivity contribution in [1.82, 2.24) is 9.21 Å². The van der Waals surface area contributed by atoms with Crippen molar-refractivity contribution in [2.24, 2.45) is 5.92 Å². The maximum Gasteiger partial charge on any atom is 0.244 e. The summed E-state index contributed by atoms with van der Waals surface area (Å²) in [4.78, 5) is 16.4. The molecule has 1 aromatic rings. The van der Waals surface area contributed by atoms with Gasteiger partial charge in [0.05, 0.1) is 17.4 Å². The van der Waals surface area contributed by atoms with Gasteiger partial charge in [0.1, 0.15) is 0 Å². The van der Waals surface area contributed by atoms with Crippen LogP contribution in [0.5, 0.6) is 0 Å². The second kappa shape index (κ2) is 6.51. The van der Waals surface area contributed by atoms with E-state index in [1.807, 2.05) is 13.8 Å². The molecule has 0 bridgehead atoms. The first-order valence-corrected chi connectivity index (χ1v) is 10.1. The molecule has 0 spiro atoms. The molecule has 2 aliphatic heterocycles. The fraction of sp³-hybridized carbons (Fsp3) is 0.667. The Kier molecular flexibility index (Phi) is 4.78. The predicted molar refractivity (Wildman–Crippen MR) is 88.1 cm³/mol. The highest BCUT2D eigenvalue weighted by Crippen LogP contribution is 2.28. The number of aryl methyl sites for hydroxylation is 2. The third-order valence-corrected chi connectivity index (χ3v) is 7.56. The number of thiophene rings is 1. The normalized spacial score (nSPS) is 23.4. The van der Waals surface area contributed by atoms with Crippen molar-refractivity contribution < 1.29 is 17.9 Å². The number of ether oxygens (including phenoxy) is 1. The van der Waals surface area contributed by atoms with Gasteiger partial charge in [0.15, 0.2) is 0 Å². The Labute approximate surface area is 141 Å². The van der Waals surface area contributed by atoms with E-state index in [9.17, 15) is 13.2 Å². The van der Waals surface area contributed by atoms with E-state index in [2.05, 4.69) is 0 Å². The molecule has 1 aromatic heterocycles. The summed E-state index contributed by atoms with van der Waals surface area (Å²) >= 11 is 1.50. The maximum atomic E-state index is 12.8. The molecule has 0 saturated carbocycles. The van der Waals surface area contributed by atoms with Crippen LogP contribution in [0.15, 0.2) is 11.0 Å². The highest BCUT2D eigenvalue weighted by molar-refractivity contribution is 7.89. The summed E-state index contributed by atoms with van der Waals surface area (Å²) in [7, 11) is -3.46. The lowest BCUT2D eigenvalue weighted by atomic mass is 10.1. The van der Waals surface area contributed by atoms with Crippen LogP contribution in [0.4, 0.5) is 0 Å². The molecule has 3 heterocycles. The van der Waals surface area contributed by atoms with E-state index in [1.165, 1.54) is 15.6 Å². The van der Waals surface area contributed by atoms with Crippen molar-refractivity contribution in [2.75, 3.05) is 39.4 Å². The lowest BCUT2D eigenvalue weighted by Gasteiger charge is -2.35. The molecule has 1 unspecified atom stereocenters. The molecule has 0 radical (unpaired) electrons. The molecule has 1 amide bonds. The largest absolute Gasteiger partial charge is 0.381 e. The molecular weight excluding hydrogens is 336 g/mol. The molecule has 6 nitrogen and oxygen atoms in total. The Balaban J connectivity index is 1.66. The molecule has 1 atom stereocenters. The Bertz CT molecular complexity index is 684. The van der Waals surface area contributed by atoms with Gasteiger partial charge in [-0.2, -0.15) is 4.31 Å². The molecule has 0 aliphatic carbocycles. The summed E-state index contributed by atoms with van der Waals surface area (Å²) in [5.74, 6) is 0.0435. The van der Waals surface area contributed by atoms with Crippen LogP contribution in [0.2, 0.25) is 0 Å². The zero-order chi connectivity index (χ0) is 16.6. The second-order valence-electron chi connectivity index (χ2n) is 6.07. The minimum Gasteiger partial charge on any atom is -0.381 e. The van der Waals surface area contributed by atoms with Gasteiger partial charge in [0.2, 0.25) is 15.9 Å². The number of rotatable bonds is 3. The molecule has 0 N–H and O–H groups in total. The molecular formula is C15H22N2O4S2. The number of piperazine rings is 1. The first-order valence-electron chi connectivity index (χ1n) is 7.83. The van der Waals surface area contributed by atoms with Crippen molar-refractivity contribution in [1.29, 1.82) is 0 Å². The van der Waals surface area contributed by atoms with Gasteiger partial charge in [-0.05, 0) is 26.3 Å². The molecule has 2 saturated heterocycles. The van der Waals surface area contributed by atoms with Crippen LogP contribution in [0.1, 0.15) is 16.2 Å². The summed E-state index contributed by atoms with van der Waals surface area (Å²) in [5, 5.41) is 0. The fourth-order valence-electron chi connectivity index (χ4n) is 3.14. The summed E-state index contributed by atoms with van der Waals surface area (Å²) in [5.41, 5.74) is 0. The van der Waals surface area contributed by atoms with E-state index < -0.39 is 10.0 Å². The number of hydrogen-bond donors (Lipinski definition) is 0. The first kappa shape index (κ1) is 16.9. The van der Waals surface area contributed by atoms with Gasteiger partial charge in [-0.25, -0.2) is 8.42 Å². The summed E-state index contributed by atoms with van der Waals surface area (Å²) in [6, 6.07) is 1.74. The Hall–Kier alpha value is -0.960. The Morgan fingerprint density at radius 2 is 1.96 bits per heavy atom. The van der Waals surface area contributed by atoms with Crippen molar-refractivity contribution >= 4 is 27.3 Å². The van der Waals surface area contributed by atoms with Crippen LogP contribution in [0.25, 0.3) is 0 Å². The van der Waals surface area contributed by atoms with Crippen molar-refractivity contribution in [3.63, 3.8) is 0 Å². The van der Waals surface area contributed by atoms with Gasteiger partial charge >= 0.3 is 0 Å². The van der Waals surface area contributed by atoms with E-state index >= 15 is 0 Å². The smallest absolute Gasteiger partial charge is 0.244 e. The Morgan fingerprint density at radius 1 is 1.26 bits per heavy atom. The van der Waals surface area contributed by atoms with E-state index in [4.69, 9.17) is 4.74 Å². The third-order valence-electron chi connectivity index (χ3n) is 4.44. The topological polar surface area (TPSA) is 66.9 Å². The molecule has 0 aromatic carbocycles. The molecule has 128 valence electrons. The van der Waals surface area contributed by atoms with Gasteiger partial charge in [0.25, 0.3) is 0 Å². The van der Waals surface area contributed by atoms with Crippen LogP contribution in [0, 0.1) is 19.8 Å². The quantitative estimate of drug-likeness (QED) is 0.815. The van der Waals surface area contributed by atoms with Crippen molar-refractivity contribution in [2.45, 2.75) is 25.2 Å². The SMILES string of the molecule is Cc1cc(S(=O)(=O)N2CCN(C(=O)C3CCOC3)CC2)c(C)s1. The number of nitrogens with zero attached hydrogens (tertiary/aromatic N) is 2. The fourth-order valence-corrected chi connectivity index (χ4v) is 6.08. The number of sulfonamides is 1. The molecule has 23 heavy (non-hydrogen) atoms. The van der Waals surface area contributed by atoms with Crippen molar-refractivity contribution in [3.05, 3.63) is 15.8 Å². The van der Waals surface area contributed by atoms with Crippen molar-refractivity contribution in [3.8, 4) is 0 Å². The predicted octanol–water partition coefficient (Wildman–Crippen LogP) is 1.23. The number of carbonyl (C=O) groups is 1.